The van der Waals surface area contributed by atoms with E-state index in [-0.39, 0.29) is 12.0 Å². The number of carbonyl (C=O) groups is 1. The fourth-order valence-electron chi connectivity index (χ4n) is 2.19. The molecule has 0 aromatic rings. The Morgan fingerprint density at radius 3 is 2.50 bits per heavy atom. The van der Waals surface area contributed by atoms with Gasteiger partial charge in [-0.05, 0) is 38.0 Å². The first-order valence-corrected chi connectivity index (χ1v) is 6.55. The normalized spacial score (nSPS) is 25.8. The summed E-state index contributed by atoms with van der Waals surface area (Å²) in [5.41, 5.74) is 0. The maximum atomic E-state index is 11.6. The zero-order valence-corrected chi connectivity index (χ0v) is 10.5. The number of rotatable bonds is 5. The molecule has 16 heavy (non-hydrogen) atoms. The van der Waals surface area contributed by atoms with Gasteiger partial charge in [0.05, 0.1) is 6.10 Å². The Balaban J connectivity index is 2.09. The zero-order valence-electron chi connectivity index (χ0n) is 10.5. The highest BCUT2D eigenvalue weighted by atomic mass is 16.3. The number of hydrogen-bond acceptors (Lipinski definition) is 2. The molecule has 1 saturated carbocycles. The molecule has 0 aromatic carbocycles. The van der Waals surface area contributed by atoms with E-state index >= 15 is 0 Å². The summed E-state index contributed by atoms with van der Waals surface area (Å²) in [7, 11) is 0. The largest absolute Gasteiger partial charge is 0.393 e. The van der Waals surface area contributed by atoms with Gasteiger partial charge in [-0.25, -0.2) is 0 Å². The Hall–Kier alpha value is -0.570. The van der Waals surface area contributed by atoms with Crippen molar-refractivity contribution in [3.8, 4) is 0 Å². The Kier molecular flexibility index (Phi) is 5.81. The number of aliphatic hydroxyl groups excluding tert-OH is 1. The third kappa shape index (κ3) is 5.50. The van der Waals surface area contributed by atoms with Crippen molar-refractivity contribution >= 4 is 5.91 Å². The van der Waals surface area contributed by atoms with E-state index in [0.717, 1.165) is 38.5 Å². The Labute approximate surface area is 98.6 Å². The monoisotopic (exact) mass is 227 g/mol. The molecule has 0 spiro atoms. The molecule has 3 heteroatoms. The third-order valence-corrected chi connectivity index (χ3v) is 3.25. The lowest BCUT2D eigenvalue weighted by atomic mass is 9.93. The van der Waals surface area contributed by atoms with Gasteiger partial charge in [-0.15, -0.1) is 0 Å². The molecule has 0 unspecified atom stereocenters. The standard InChI is InChI=1S/C13H25NO2/c1-10(2)4-3-5-13(16)14-11-6-8-12(15)9-7-11/h10-12,15H,3-9H2,1-2H3,(H,14,16). The maximum absolute atomic E-state index is 11.6. The summed E-state index contributed by atoms with van der Waals surface area (Å²) in [6.07, 6.45) is 6.13. The van der Waals surface area contributed by atoms with Gasteiger partial charge in [-0.2, -0.15) is 0 Å². The van der Waals surface area contributed by atoms with Gasteiger partial charge >= 0.3 is 0 Å². The van der Waals surface area contributed by atoms with Crippen LogP contribution in [0.15, 0.2) is 0 Å². The highest BCUT2D eigenvalue weighted by molar-refractivity contribution is 5.76. The summed E-state index contributed by atoms with van der Waals surface area (Å²) in [4.78, 5) is 11.6. The number of hydrogen-bond donors (Lipinski definition) is 2. The molecular formula is C13H25NO2. The van der Waals surface area contributed by atoms with E-state index in [1.165, 1.54) is 0 Å². The molecule has 1 rings (SSSR count). The summed E-state index contributed by atoms with van der Waals surface area (Å²) in [6, 6.07) is 0.301. The average molecular weight is 227 g/mol. The molecule has 0 heterocycles. The van der Waals surface area contributed by atoms with E-state index < -0.39 is 0 Å². The molecule has 3 nitrogen and oxygen atoms in total. The highest BCUT2D eigenvalue weighted by Crippen LogP contribution is 2.18. The molecule has 0 aromatic heterocycles. The van der Waals surface area contributed by atoms with Crippen LogP contribution in [-0.2, 0) is 4.79 Å². The highest BCUT2D eigenvalue weighted by Gasteiger charge is 2.20. The minimum absolute atomic E-state index is 0.144. The van der Waals surface area contributed by atoms with E-state index in [0.29, 0.717) is 18.4 Å². The molecular weight excluding hydrogens is 202 g/mol. The van der Waals surface area contributed by atoms with Crippen molar-refractivity contribution in [1.82, 2.24) is 5.32 Å². The van der Waals surface area contributed by atoms with Crippen LogP contribution in [0.1, 0.15) is 58.8 Å². The number of aliphatic hydroxyl groups is 1. The van der Waals surface area contributed by atoms with Crippen LogP contribution in [0.4, 0.5) is 0 Å². The first-order chi connectivity index (χ1) is 7.58. The van der Waals surface area contributed by atoms with E-state index in [2.05, 4.69) is 19.2 Å². The predicted molar refractivity (Wildman–Crippen MR) is 65.1 cm³/mol. The lowest BCUT2D eigenvalue weighted by Gasteiger charge is -2.26. The smallest absolute Gasteiger partial charge is 0.220 e. The van der Waals surface area contributed by atoms with Gasteiger partial charge in [0, 0.05) is 12.5 Å². The first kappa shape index (κ1) is 13.5. The Bertz CT molecular complexity index is 208. The lowest BCUT2D eigenvalue weighted by Crippen LogP contribution is -2.38. The van der Waals surface area contributed by atoms with Crippen LogP contribution < -0.4 is 5.32 Å². The van der Waals surface area contributed by atoms with E-state index in [1.807, 2.05) is 0 Å². The summed E-state index contributed by atoms with van der Waals surface area (Å²) in [5, 5.41) is 12.4. The lowest BCUT2D eigenvalue weighted by molar-refractivity contribution is -0.122. The minimum atomic E-state index is -0.144. The SMILES string of the molecule is CC(C)CCCC(=O)NC1CCC(O)CC1. The molecule has 0 atom stereocenters. The van der Waals surface area contributed by atoms with E-state index in [9.17, 15) is 9.90 Å². The van der Waals surface area contributed by atoms with Gasteiger partial charge in [-0.3, -0.25) is 4.79 Å². The quantitative estimate of drug-likeness (QED) is 0.756. The number of nitrogens with one attached hydrogen (secondary N) is 1. The fraction of sp³-hybridized carbons (Fsp3) is 0.923. The van der Waals surface area contributed by atoms with Crippen molar-refractivity contribution in [2.24, 2.45) is 5.92 Å². The van der Waals surface area contributed by atoms with Crippen molar-refractivity contribution < 1.29 is 9.90 Å². The van der Waals surface area contributed by atoms with Crippen molar-refractivity contribution in [3.63, 3.8) is 0 Å². The topological polar surface area (TPSA) is 49.3 Å². The van der Waals surface area contributed by atoms with Gasteiger partial charge in [0.25, 0.3) is 0 Å². The average Bonchev–Trinajstić information content (AvgIpc) is 2.21. The molecule has 2 N–H and O–H groups in total. The van der Waals surface area contributed by atoms with Crippen molar-refractivity contribution in [2.45, 2.75) is 70.9 Å². The van der Waals surface area contributed by atoms with Gasteiger partial charge in [-0.1, -0.05) is 20.3 Å². The van der Waals surface area contributed by atoms with Gasteiger partial charge in [0.15, 0.2) is 0 Å². The van der Waals surface area contributed by atoms with Crippen LogP contribution in [0.5, 0.6) is 0 Å². The molecule has 0 saturated heterocycles. The fourth-order valence-corrected chi connectivity index (χ4v) is 2.19. The second-order valence-corrected chi connectivity index (χ2v) is 5.36. The summed E-state index contributed by atoms with van der Waals surface area (Å²) in [5.74, 6) is 0.861. The molecule has 1 aliphatic rings. The Morgan fingerprint density at radius 2 is 1.94 bits per heavy atom. The molecule has 94 valence electrons. The van der Waals surface area contributed by atoms with Crippen LogP contribution in [0.2, 0.25) is 0 Å². The minimum Gasteiger partial charge on any atom is -0.393 e. The summed E-state index contributed by atoms with van der Waals surface area (Å²) >= 11 is 0. The summed E-state index contributed by atoms with van der Waals surface area (Å²) < 4.78 is 0. The van der Waals surface area contributed by atoms with Crippen LogP contribution >= 0.6 is 0 Å². The number of amides is 1. The predicted octanol–water partition coefficient (Wildman–Crippen LogP) is 2.23. The maximum Gasteiger partial charge on any atom is 0.220 e. The van der Waals surface area contributed by atoms with Crippen molar-refractivity contribution in [3.05, 3.63) is 0 Å². The second-order valence-electron chi connectivity index (χ2n) is 5.36. The van der Waals surface area contributed by atoms with Crippen LogP contribution in [0.25, 0.3) is 0 Å². The van der Waals surface area contributed by atoms with Crippen LogP contribution in [-0.4, -0.2) is 23.2 Å². The molecule has 1 fully saturated rings. The Morgan fingerprint density at radius 1 is 1.31 bits per heavy atom. The molecule has 0 bridgehead atoms. The third-order valence-electron chi connectivity index (χ3n) is 3.25. The van der Waals surface area contributed by atoms with Gasteiger partial charge < -0.3 is 10.4 Å². The first-order valence-electron chi connectivity index (χ1n) is 6.55. The van der Waals surface area contributed by atoms with E-state index in [1.54, 1.807) is 0 Å². The van der Waals surface area contributed by atoms with Gasteiger partial charge in [0.1, 0.15) is 0 Å². The molecule has 0 aliphatic heterocycles. The number of carbonyl (C=O) groups excluding carboxylic acids is 1. The van der Waals surface area contributed by atoms with E-state index in [4.69, 9.17) is 0 Å². The second kappa shape index (κ2) is 6.89. The van der Waals surface area contributed by atoms with Crippen molar-refractivity contribution in [2.75, 3.05) is 0 Å². The molecule has 1 aliphatic carbocycles. The van der Waals surface area contributed by atoms with Gasteiger partial charge in [0.2, 0.25) is 5.91 Å². The van der Waals surface area contributed by atoms with Crippen LogP contribution in [0.3, 0.4) is 0 Å². The molecule has 0 radical (unpaired) electrons. The zero-order chi connectivity index (χ0) is 12.0. The summed E-state index contributed by atoms with van der Waals surface area (Å²) in [6.45, 7) is 4.36. The van der Waals surface area contributed by atoms with Crippen LogP contribution in [0, 0.1) is 5.92 Å². The molecule has 1 amide bonds. The van der Waals surface area contributed by atoms with Crippen molar-refractivity contribution in [1.29, 1.82) is 0 Å².